The van der Waals surface area contributed by atoms with E-state index >= 15 is 0 Å². The molecule has 1 aliphatic heterocycles. The fourth-order valence-corrected chi connectivity index (χ4v) is 2.55. The molecule has 4 nitrogen and oxygen atoms in total. The summed E-state index contributed by atoms with van der Waals surface area (Å²) in [4.78, 5) is 2.35. The van der Waals surface area contributed by atoms with Gasteiger partial charge in [0.2, 0.25) is 0 Å². The summed E-state index contributed by atoms with van der Waals surface area (Å²) in [7, 11) is 0. The van der Waals surface area contributed by atoms with E-state index in [0.29, 0.717) is 19.1 Å². The normalized spacial score (nSPS) is 20.9. The van der Waals surface area contributed by atoms with Crippen LogP contribution in [0.1, 0.15) is 20.3 Å². The summed E-state index contributed by atoms with van der Waals surface area (Å²) in [5.41, 5.74) is 0. The molecule has 112 valence electrons. The minimum absolute atomic E-state index is 0.202. The fourth-order valence-electron chi connectivity index (χ4n) is 2.55. The maximum Gasteiger partial charge on any atom is 0.119 e. The van der Waals surface area contributed by atoms with E-state index < -0.39 is 0 Å². The third-order valence-electron chi connectivity index (χ3n) is 3.80. The average molecular weight is 279 g/mol. The minimum Gasteiger partial charge on any atom is -0.494 e. The lowest BCUT2D eigenvalue weighted by Gasteiger charge is -2.17. The number of nitrogens with zero attached hydrogens (tertiary/aromatic N) is 1. The quantitative estimate of drug-likeness (QED) is 0.830. The van der Waals surface area contributed by atoms with E-state index in [1.54, 1.807) is 0 Å². The Morgan fingerprint density at radius 2 is 1.90 bits per heavy atom. The molecule has 1 fully saturated rings. The minimum atomic E-state index is -0.202. The lowest BCUT2D eigenvalue weighted by atomic mass is 10.0. The Kier molecular flexibility index (Phi) is 5.68. The van der Waals surface area contributed by atoms with Crippen LogP contribution in [0.2, 0.25) is 0 Å². The van der Waals surface area contributed by atoms with E-state index in [0.717, 1.165) is 37.6 Å². The van der Waals surface area contributed by atoms with Crippen molar-refractivity contribution in [1.82, 2.24) is 4.90 Å². The van der Waals surface area contributed by atoms with E-state index in [2.05, 4.69) is 4.90 Å². The second-order valence-electron chi connectivity index (χ2n) is 5.34. The first-order valence-electron chi connectivity index (χ1n) is 7.45. The number of hydrogen-bond acceptors (Lipinski definition) is 4. The molecular weight excluding hydrogens is 254 g/mol. The first kappa shape index (κ1) is 15.1. The van der Waals surface area contributed by atoms with Crippen molar-refractivity contribution in [2.24, 2.45) is 5.92 Å². The molecule has 0 bridgehead atoms. The molecule has 2 unspecified atom stereocenters. The molecule has 4 heteroatoms. The summed E-state index contributed by atoms with van der Waals surface area (Å²) >= 11 is 0. The number of benzene rings is 1. The first-order valence-corrected chi connectivity index (χ1v) is 7.45. The highest BCUT2D eigenvalue weighted by molar-refractivity contribution is 5.31. The van der Waals surface area contributed by atoms with Crippen LogP contribution in [-0.2, 0) is 0 Å². The highest BCUT2D eigenvalue weighted by Gasteiger charge is 2.25. The van der Waals surface area contributed by atoms with Gasteiger partial charge in [-0.2, -0.15) is 0 Å². The number of rotatable bonds is 7. The Morgan fingerprint density at radius 3 is 2.45 bits per heavy atom. The zero-order chi connectivity index (χ0) is 14.4. The van der Waals surface area contributed by atoms with Crippen molar-refractivity contribution in [1.29, 1.82) is 0 Å². The van der Waals surface area contributed by atoms with Crippen LogP contribution in [0.15, 0.2) is 24.3 Å². The number of aliphatic hydroxyl groups excluding tert-OH is 1. The maximum atomic E-state index is 9.57. The van der Waals surface area contributed by atoms with Crippen LogP contribution in [0.25, 0.3) is 0 Å². The van der Waals surface area contributed by atoms with Gasteiger partial charge in [0, 0.05) is 13.1 Å². The Balaban J connectivity index is 1.68. The molecule has 1 aromatic rings. The van der Waals surface area contributed by atoms with E-state index in [9.17, 15) is 5.11 Å². The third-order valence-corrected chi connectivity index (χ3v) is 3.80. The van der Waals surface area contributed by atoms with Crippen molar-refractivity contribution in [3.05, 3.63) is 24.3 Å². The Hall–Kier alpha value is -1.26. The summed E-state index contributed by atoms with van der Waals surface area (Å²) in [6.07, 6.45) is 0.882. The maximum absolute atomic E-state index is 9.57. The molecule has 0 spiro atoms. The number of aliphatic hydroxyl groups is 1. The molecule has 1 aliphatic rings. The predicted molar refractivity (Wildman–Crippen MR) is 79.3 cm³/mol. The number of likely N-dealkylation sites (tertiary alicyclic amines) is 1. The van der Waals surface area contributed by atoms with E-state index in [1.165, 1.54) is 0 Å². The van der Waals surface area contributed by atoms with Gasteiger partial charge in [-0.25, -0.2) is 0 Å². The molecule has 1 heterocycles. The molecule has 1 saturated heterocycles. The molecule has 0 aliphatic carbocycles. The van der Waals surface area contributed by atoms with Gasteiger partial charge in [-0.15, -0.1) is 0 Å². The number of ether oxygens (including phenoxy) is 2. The van der Waals surface area contributed by atoms with Crippen molar-refractivity contribution < 1.29 is 14.6 Å². The van der Waals surface area contributed by atoms with Gasteiger partial charge in [0.25, 0.3) is 0 Å². The van der Waals surface area contributed by atoms with Crippen LogP contribution in [0.3, 0.4) is 0 Å². The lowest BCUT2D eigenvalue weighted by molar-refractivity contribution is 0.125. The average Bonchev–Trinajstić information content (AvgIpc) is 2.90. The third kappa shape index (κ3) is 4.39. The first-order chi connectivity index (χ1) is 9.69. The highest BCUT2D eigenvalue weighted by Crippen LogP contribution is 2.20. The summed E-state index contributed by atoms with van der Waals surface area (Å²) in [5.74, 6) is 2.17. The summed E-state index contributed by atoms with van der Waals surface area (Å²) < 4.78 is 11.1. The molecule has 0 aromatic heterocycles. The largest absolute Gasteiger partial charge is 0.494 e. The zero-order valence-electron chi connectivity index (χ0n) is 12.4. The van der Waals surface area contributed by atoms with E-state index in [1.807, 2.05) is 38.1 Å². The van der Waals surface area contributed by atoms with Gasteiger partial charge in [0.15, 0.2) is 0 Å². The van der Waals surface area contributed by atoms with Gasteiger partial charge >= 0.3 is 0 Å². The molecule has 1 N–H and O–H groups in total. The molecular formula is C16H25NO3. The molecule has 2 rings (SSSR count). The molecule has 0 saturated carbocycles. The van der Waals surface area contributed by atoms with Crippen molar-refractivity contribution in [3.8, 4) is 11.5 Å². The van der Waals surface area contributed by atoms with Crippen molar-refractivity contribution >= 4 is 0 Å². The summed E-state index contributed by atoms with van der Waals surface area (Å²) in [6.45, 7) is 8.16. The number of hydrogen-bond donors (Lipinski definition) is 1. The van der Waals surface area contributed by atoms with E-state index in [4.69, 9.17) is 9.47 Å². The second-order valence-corrected chi connectivity index (χ2v) is 5.34. The SMILES string of the molecule is CCOc1ccc(OCCN2CCC(C(C)O)C2)cc1. The van der Waals surface area contributed by atoms with Crippen LogP contribution in [0.4, 0.5) is 0 Å². The summed E-state index contributed by atoms with van der Waals surface area (Å²) in [5, 5.41) is 9.57. The second kappa shape index (κ2) is 7.50. The fraction of sp³-hybridized carbons (Fsp3) is 0.625. The molecule has 0 amide bonds. The van der Waals surface area contributed by atoms with E-state index in [-0.39, 0.29) is 6.10 Å². The summed E-state index contributed by atoms with van der Waals surface area (Å²) in [6, 6.07) is 7.73. The predicted octanol–water partition coefficient (Wildman–Crippen LogP) is 2.17. The zero-order valence-corrected chi connectivity index (χ0v) is 12.4. The van der Waals surface area contributed by atoms with Crippen molar-refractivity contribution in [2.45, 2.75) is 26.4 Å². The van der Waals surface area contributed by atoms with Gasteiger partial charge in [-0.05, 0) is 57.0 Å². The standard InChI is InChI=1S/C16H25NO3/c1-3-19-15-4-6-16(7-5-15)20-11-10-17-9-8-14(12-17)13(2)18/h4-7,13-14,18H,3,8-12H2,1-2H3. The van der Waals surface area contributed by atoms with Gasteiger partial charge in [-0.3, -0.25) is 4.90 Å². The van der Waals surface area contributed by atoms with Gasteiger partial charge < -0.3 is 14.6 Å². The Morgan fingerprint density at radius 1 is 1.25 bits per heavy atom. The molecule has 20 heavy (non-hydrogen) atoms. The van der Waals surface area contributed by atoms with Gasteiger partial charge in [-0.1, -0.05) is 0 Å². The Labute approximate surface area is 121 Å². The van der Waals surface area contributed by atoms with Crippen LogP contribution in [0.5, 0.6) is 11.5 Å². The lowest BCUT2D eigenvalue weighted by Crippen LogP contribution is -2.28. The van der Waals surface area contributed by atoms with Crippen LogP contribution >= 0.6 is 0 Å². The highest BCUT2D eigenvalue weighted by atomic mass is 16.5. The van der Waals surface area contributed by atoms with Crippen molar-refractivity contribution in [2.75, 3.05) is 32.8 Å². The van der Waals surface area contributed by atoms with Gasteiger partial charge in [0.1, 0.15) is 18.1 Å². The topological polar surface area (TPSA) is 41.9 Å². The van der Waals surface area contributed by atoms with Crippen molar-refractivity contribution in [3.63, 3.8) is 0 Å². The van der Waals surface area contributed by atoms with Crippen LogP contribution < -0.4 is 9.47 Å². The molecule has 2 atom stereocenters. The smallest absolute Gasteiger partial charge is 0.119 e. The van der Waals surface area contributed by atoms with Crippen LogP contribution in [-0.4, -0.2) is 49.0 Å². The molecule has 0 radical (unpaired) electrons. The Bertz CT molecular complexity index is 391. The van der Waals surface area contributed by atoms with Gasteiger partial charge in [0.05, 0.1) is 12.7 Å². The monoisotopic (exact) mass is 279 g/mol. The van der Waals surface area contributed by atoms with Crippen LogP contribution in [0, 0.1) is 5.92 Å². The molecule has 1 aromatic carbocycles.